The molecule has 116 heavy (non-hydrogen) atoms. The number of rotatable bonds is 36. The molecule has 0 aliphatic heterocycles. The number of unbranched alkanes of at least 4 members (excludes halogenated alkanes) is 5. The molecule has 0 spiro atoms. The number of halogens is 1. The molecule has 5 unspecified atom stereocenters. The van der Waals surface area contributed by atoms with Crippen LogP contribution in [0.3, 0.4) is 0 Å². The van der Waals surface area contributed by atoms with E-state index in [4.69, 9.17) is 8.92 Å². The van der Waals surface area contributed by atoms with E-state index in [1.807, 2.05) is 56.7 Å². The zero-order valence-electron chi connectivity index (χ0n) is 73.4. The van der Waals surface area contributed by atoms with E-state index < -0.39 is 54.0 Å². The zero-order valence-corrected chi connectivity index (χ0v) is 91.7. The number of ketones is 2. The molecule has 17 heteroatoms. The van der Waals surface area contributed by atoms with Crippen LogP contribution in [0.1, 0.15) is 253 Å². The molecule has 0 radical (unpaired) electrons. The van der Waals surface area contributed by atoms with Gasteiger partial charge < -0.3 is 0 Å². The number of benzene rings is 2. The maximum atomic E-state index is 11.8. The van der Waals surface area contributed by atoms with Gasteiger partial charge in [0.1, 0.15) is 0 Å². The Bertz CT molecular complexity index is 4730. The van der Waals surface area contributed by atoms with Gasteiger partial charge in [0.05, 0.1) is 9.75 Å². The molecule has 14 rings (SSSR count). The maximum absolute atomic E-state index is 11.8. The first-order valence-electron chi connectivity index (χ1n) is 43.9. The van der Waals surface area contributed by atoms with E-state index in [0.717, 1.165) is 29.6 Å². The Morgan fingerprint density at radius 1 is 0.310 bits per heavy atom. The van der Waals surface area contributed by atoms with Gasteiger partial charge in [-0.1, -0.05) is 139 Å². The van der Waals surface area contributed by atoms with Gasteiger partial charge in [0.15, 0.2) is 0 Å². The first-order valence-corrected chi connectivity index (χ1v) is 85.4. The fourth-order valence-electron chi connectivity index (χ4n) is 15.8. The van der Waals surface area contributed by atoms with Gasteiger partial charge in [-0.2, -0.15) is 0 Å². The fraction of sp³-hybridized carbons (Fsp3) is 0.495. The van der Waals surface area contributed by atoms with Crippen molar-refractivity contribution in [2.45, 2.75) is 274 Å². The Morgan fingerprint density at radius 3 is 0.862 bits per heavy atom. The molecule has 0 saturated carbocycles. The SMILES string of the molecule is CCCCC(CC)Cc1ccc(-c2c3c[c]([Sn]([CH3])([CH3])[CH3])sc3c(-c3ccc(CC(CC)CCCC)s3)c3c[c]([Sn]([CH3])([CH3])[CH3])sc23)s1.CCCCC(CC)Cc1ccc(-c2c3ccsc3c(-c3ccc(CC(CC)CCCC)s3)c3ccsc23)s1.CCCCC(CC)Cc1cccs1.O=C1c2ccsc2C(=O)c2ccsc21.[CH3][Sn]([CH3])([CH3])[Cl]. The van der Waals surface area contributed by atoms with Crippen molar-refractivity contribution in [2.75, 3.05) is 0 Å². The van der Waals surface area contributed by atoms with Crippen LogP contribution in [0.4, 0.5) is 0 Å². The molecule has 13 aromatic rings. The number of hydrogen-bond donors (Lipinski definition) is 0. The van der Waals surface area contributed by atoms with Crippen LogP contribution in [0.25, 0.3) is 82.1 Å². The van der Waals surface area contributed by atoms with Crippen LogP contribution in [0.5, 0.6) is 0 Å². The van der Waals surface area contributed by atoms with E-state index in [1.54, 1.807) is 84.4 Å². The summed E-state index contributed by atoms with van der Waals surface area (Å²) in [5, 5.41) is 16.3. The number of carbonyl (C=O) groups is 2. The molecular weight excluding hydrogens is 1970 g/mol. The molecule has 11 aromatic heterocycles. The van der Waals surface area contributed by atoms with Crippen molar-refractivity contribution in [1.29, 1.82) is 0 Å². The Balaban J connectivity index is 0.000000179. The summed E-state index contributed by atoms with van der Waals surface area (Å²) in [6, 6.07) is 37.5. The summed E-state index contributed by atoms with van der Waals surface area (Å²) in [7, 11) is 5.74. The minimum atomic E-state index is -2.32. The third-order valence-electron chi connectivity index (χ3n) is 22.9. The summed E-state index contributed by atoms with van der Waals surface area (Å²) in [5.74, 6) is 4.14. The van der Waals surface area contributed by atoms with Crippen LogP contribution in [0.15, 0.2) is 124 Å². The zero-order chi connectivity index (χ0) is 83.4. The van der Waals surface area contributed by atoms with Gasteiger partial charge >= 0.3 is 336 Å². The van der Waals surface area contributed by atoms with Crippen molar-refractivity contribution in [3.05, 3.63) is 169 Å². The molecule has 2 aromatic carbocycles. The molecule has 626 valence electrons. The number of carbonyl (C=O) groups excluding carboxylic acids is 2. The van der Waals surface area contributed by atoms with Gasteiger partial charge in [-0.25, -0.2) is 0 Å². The first-order chi connectivity index (χ1) is 55.7. The van der Waals surface area contributed by atoms with Gasteiger partial charge in [-0.3, -0.25) is 9.59 Å². The van der Waals surface area contributed by atoms with E-state index in [0.29, 0.717) is 20.9 Å². The molecule has 1 aliphatic carbocycles. The van der Waals surface area contributed by atoms with Crippen molar-refractivity contribution < 1.29 is 9.59 Å². The summed E-state index contributed by atoms with van der Waals surface area (Å²) >= 11 is 14.7. The van der Waals surface area contributed by atoms with Crippen molar-refractivity contribution in [3.63, 3.8) is 0 Å². The Morgan fingerprint density at radius 2 is 0.595 bits per heavy atom. The van der Waals surface area contributed by atoms with Crippen LogP contribution in [0.2, 0.25) is 44.5 Å². The Kier molecular flexibility index (Phi) is 38.6. The van der Waals surface area contributed by atoms with E-state index in [1.165, 1.54) is 234 Å². The van der Waals surface area contributed by atoms with Crippen molar-refractivity contribution in [1.82, 2.24) is 0 Å². The topological polar surface area (TPSA) is 34.1 Å². The van der Waals surface area contributed by atoms with Crippen molar-refractivity contribution in [2.24, 2.45) is 29.6 Å². The quantitative estimate of drug-likeness (QED) is 0.0367. The van der Waals surface area contributed by atoms with Gasteiger partial charge in [0, 0.05) is 66.8 Å². The molecule has 1 aliphatic rings. The van der Waals surface area contributed by atoms with E-state index in [2.05, 4.69) is 260 Å². The van der Waals surface area contributed by atoms with E-state index in [-0.39, 0.29) is 11.6 Å². The Hall–Kier alpha value is -1.79. The van der Waals surface area contributed by atoms with Gasteiger partial charge in [0.2, 0.25) is 11.6 Å². The molecule has 2 nitrogen and oxygen atoms in total. The van der Waals surface area contributed by atoms with Crippen molar-refractivity contribution >= 4 is 245 Å². The molecule has 0 amide bonds. The summed E-state index contributed by atoms with van der Waals surface area (Å²) in [6.07, 6.45) is 32.9. The van der Waals surface area contributed by atoms with E-state index in [9.17, 15) is 9.59 Å². The normalized spacial score (nSPS) is 13.7. The van der Waals surface area contributed by atoms with Crippen LogP contribution in [-0.4, -0.2) is 65.6 Å². The molecule has 0 saturated heterocycles. The van der Waals surface area contributed by atoms with Crippen molar-refractivity contribution in [3.8, 4) is 41.8 Å². The molecule has 5 atom stereocenters. The van der Waals surface area contributed by atoms with Crippen LogP contribution < -0.4 is 5.79 Å². The minimum absolute atomic E-state index is 0.00847. The van der Waals surface area contributed by atoms with Gasteiger partial charge in [-0.15, -0.1) is 79.4 Å². The summed E-state index contributed by atoms with van der Waals surface area (Å²) in [4.78, 5) is 60.7. The Labute approximate surface area is 759 Å². The van der Waals surface area contributed by atoms with Gasteiger partial charge in [-0.05, 0) is 119 Å². The van der Waals surface area contributed by atoms with Gasteiger partial charge in [0.25, 0.3) is 0 Å². The van der Waals surface area contributed by atoms with Crippen LogP contribution >= 0.6 is 134 Å². The average molecular weight is 2100 g/mol. The predicted molar refractivity (Wildman–Crippen MR) is 548 cm³/mol. The monoisotopic (exact) mass is 2100 g/mol. The average Bonchev–Trinajstić information content (AvgIpc) is 1.57. The summed E-state index contributed by atoms with van der Waals surface area (Å²) in [6.45, 7) is 23.4. The second kappa shape index (κ2) is 46.4. The summed E-state index contributed by atoms with van der Waals surface area (Å²) < 4.78 is 9.47. The molecule has 0 N–H and O–H groups in total. The fourth-order valence-corrected chi connectivity index (χ4v) is 38.1. The van der Waals surface area contributed by atoms with Crippen LogP contribution in [-0.2, 0) is 32.1 Å². The second-order valence-corrected chi connectivity index (χ2v) is 97.0. The molecular formula is C99H133ClO2S11Sn3. The number of thiophene rings is 11. The third kappa shape index (κ3) is 26.0. The standard InChI is InChI=1S/C34H42S4.C34H40S4.C12H20S.C10H4O2S2.9CH3.ClH.3Sn/c2*1-5-9-11-23(7-3)21-25-13-15-29(37-25)31-27-17-19-36-34(27)32(28-18-20-35-33(28)31)30-16-14-26(38-30)22-24(8-4)12-10-6-2;1-3-5-7-11(4-2)10-12-8-6-9-13-12;11-7-5-1-3-13-9(5)8(12)6-2-4-14-10(6)7;;;;;;;;;;;;;/h13-20,23-24H,5-12,21-22H2,1-4H3;13-18,23-24H,5-12,21-22H2,1-4H3;6,8-9,11H,3-5,7,10H2,1-2H3;1-4H;9*1H3;1H;;;/q;;;;;;;;;;;;;;;;+1/p-1. The number of hydrogen-bond acceptors (Lipinski definition) is 13. The second-order valence-electron chi connectivity index (χ2n) is 35.3. The third-order valence-corrected chi connectivity index (χ3v) is 53.1. The van der Waals surface area contributed by atoms with E-state index >= 15 is 0 Å². The molecule has 0 bridgehead atoms. The molecule has 11 heterocycles. The predicted octanol–water partition coefficient (Wildman–Crippen LogP) is 36.4. The first kappa shape index (κ1) is 96.4. The summed E-state index contributed by atoms with van der Waals surface area (Å²) in [5.41, 5.74) is 7.17. The number of fused-ring (bicyclic) bond motifs is 6. The molecule has 0 fully saturated rings. The van der Waals surface area contributed by atoms with Crippen LogP contribution in [0, 0.1) is 29.6 Å².